The quantitative estimate of drug-likeness (QED) is 0.685. The molecule has 0 atom stereocenters. The van der Waals surface area contributed by atoms with E-state index in [0.717, 1.165) is 44.3 Å². The van der Waals surface area contributed by atoms with E-state index in [1.54, 1.807) is 10.8 Å². The van der Waals surface area contributed by atoms with Crippen molar-refractivity contribution in [3.8, 4) is 5.88 Å². The molecule has 4 rings (SSSR count). The first kappa shape index (κ1) is 21.4. The second kappa shape index (κ2) is 8.59. The average Bonchev–Trinajstić information content (AvgIpc) is 3.37. The Balaban J connectivity index is 0.00000240. The van der Waals surface area contributed by atoms with Crippen LogP contribution >= 0.6 is 12.4 Å². The van der Waals surface area contributed by atoms with Crippen molar-refractivity contribution in [3.05, 3.63) is 33.3 Å². The number of hydrogen-bond donors (Lipinski definition) is 3. The number of carbonyl (C=O) groups excluding carboxylic acids is 1. The summed E-state index contributed by atoms with van der Waals surface area (Å²) < 4.78 is 2.89. The normalized spacial score (nSPS) is 16.7. The maximum absolute atomic E-state index is 13.0. The van der Waals surface area contributed by atoms with Gasteiger partial charge in [0, 0.05) is 18.2 Å². The van der Waals surface area contributed by atoms with Crippen molar-refractivity contribution in [3.63, 3.8) is 0 Å². The highest BCUT2D eigenvalue weighted by Crippen LogP contribution is 2.26. The number of carbonyl (C=O) groups is 1. The van der Waals surface area contributed by atoms with Gasteiger partial charge in [0.15, 0.2) is 5.56 Å². The van der Waals surface area contributed by atoms with Crippen molar-refractivity contribution in [1.82, 2.24) is 24.8 Å². The maximum Gasteiger partial charge on any atom is 0.291 e. The minimum Gasteiger partial charge on any atom is -0.494 e. The largest absolute Gasteiger partial charge is 0.494 e. The highest BCUT2D eigenvalue weighted by atomic mass is 35.5. The second-order valence-corrected chi connectivity index (χ2v) is 8.14. The molecule has 158 valence electrons. The first-order chi connectivity index (χ1) is 13.5. The first-order valence-electron chi connectivity index (χ1n) is 10.00. The third-order valence-corrected chi connectivity index (χ3v) is 5.21. The van der Waals surface area contributed by atoms with Crippen LogP contribution in [0, 0.1) is 5.92 Å². The molecule has 9 heteroatoms. The van der Waals surface area contributed by atoms with E-state index in [1.165, 1.54) is 10.1 Å². The van der Waals surface area contributed by atoms with E-state index in [9.17, 15) is 14.7 Å². The Hall–Kier alpha value is -2.32. The maximum atomic E-state index is 13.0. The molecule has 0 unspecified atom stereocenters. The van der Waals surface area contributed by atoms with Crippen LogP contribution in [0.4, 0.5) is 0 Å². The SMILES string of the molecule is CC(C)Cn1c(O)c(C(=O)NC2CC2)c(=O)n2ncc(C=C3CCNCC3)c12.Cl. The van der Waals surface area contributed by atoms with Gasteiger partial charge in [-0.25, -0.2) is 0 Å². The fraction of sp³-hybridized carbons (Fsp3) is 0.550. The lowest BCUT2D eigenvalue weighted by molar-refractivity contribution is 0.0944. The van der Waals surface area contributed by atoms with E-state index in [2.05, 4.69) is 21.8 Å². The molecule has 2 fully saturated rings. The van der Waals surface area contributed by atoms with Gasteiger partial charge in [-0.3, -0.25) is 14.2 Å². The van der Waals surface area contributed by atoms with Gasteiger partial charge in [-0.15, -0.1) is 12.4 Å². The van der Waals surface area contributed by atoms with E-state index in [0.29, 0.717) is 12.2 Å². The van der Waals surface area contributed by atoms with Gasteiger partial charge in [-0.05, 0) is 44.7 Å². The number of nitrogens with one attached hydrogen (secondary N) is 2. The van der Waals surface area contributed by atoms with Crippen molar-refractivity contribution < 1.29 is 9.90 Å². The Bertz CT molecular complexity index is 996. The van der Waals surface area contributed by atoms with Crippen LogP contribution in [0.5, 0.6) is 5.88 Å². The zero-order chi connectivity index (χ0) is 19.8. The number of aromatic nitrogens is 3. The summed E-state index contributed by atoms with van der Waals surface area (Å²) in [6.07, 6.45) is 7.40. The fourth-order valence-electron chi connectivity index (χ4n) is 3.65. The number of halogens is 1. The predicted molar refractivity (Wildman–Crippen MR) is 114 cm³/mol. The van der Waals surface area contributed by atoms with Crippen molar-refractivity contribution in [2.75, 3.05) is 13.1 Å². The van der Waals surface area contributed by atoms with Gasteiger partial charge in [0.25, 0.3) is 11.5 Å². The zero-order valence-corrected chi connectivity index (χ0v) is 17.6. The predicted octanol–water partition coefficient (Wildman–Crippen LogP) is 1.94. The van der Waals surface area contributed by atoms with E-state index in [1.807, 2.05) is 13.8 Å². The number of rotatable bonds is 5. The van der Waals surface area contributed by atoms with Crippen molar-refractivity contribution >= 4 is 30.0 Å². The van der Waals surface area contributed by atoms with E-state index in [-0.39, 0.29) is 35.8 Å². The Morgan fingerprint density at radius 2 is 2.07 bits per heavy atom. The van der Waals surface area contributed by atoms with Crippen LogP contribution in [0.3, 0.4) is 0 Å². The Labute approximate surface area is 175 Å². The summed E-state index contributed by atoms with van der Waals surface area (Å²) in [4.78, 5) is 25.6. The lowest BCUT2D eigenvalue weighted by atomic mass is 10.0. The van der Waals surface area contributed by atoms with Gasteiger partial charge in [0.05, 0.1) is 6.20 Å². The zero-order valence-electron chi connectivity index (χ0n) is 16.8. The van der Waals surface area contributed by atoms with Crippen LogP contribution in [0.2, 0.25) is 0 Å². The minimum absolute atomic E-state index is 0. The standard InChI is InChI=1S/C20H27N5O3.ClH/c1-12(2)11-24-18-14(9-13-5-7-21-8-6-13)10-22-25(18)20(28)16(19(24)27)17(26)23-15-3-4-15;/h9-10,12,15,21,27H,3-8,11H2,1-2H3,(H,23,26);1H. The Morgan fingerprint density at radius 3 is 2.69 bits per heavy atom. The Kier molecular flexibility index (Phi) is 6.33. The van der Waals surface area contributed by atoms with Crippen molar-refractivity contribution in [1.29, 1.82) is 0 Å². The number of amides is 1. The number of piperidine rings is 1. The summed E-state index contributed by atoms with van der Waals surface area (Å²) in [6, 6.07) is 0.0957. The van der Waals surface area contributed by atoms with E-state index < -0.39 is 11.5 Å². The highest BCUT2D eigenvalue weighted by Gasteiger charge is 2.29. The van der Waals surface area contributed by atoms with Gasteiger partial charge >= 0.3 is 0 Å². The molecular formula is C20H28ClN5O3. The molecule has 1 saturated heterocycles. The summed E-state index contributed by atoms with van der Waals surface area (Å²) >= 11 is 0. The molecule has 0 radical (unpaired) electrons. The molecule has 3 N–H and O–H groups in total. The molecule has 1 saturated carbocycles. The summed E-state index contributed by atoms with van der Waals surface area (Å²) in [7, 11) is 0. The molecule has 8 nitrogen and oxygen atoms in total. The van der Waals surface area contributed by atoms with Gasteiger partial charge in [0.2, 0.25) is 5.88 Å². The first-order valence-corrected chi connectivity index (χ1v) is 10.00. The molecule has 0 aromatic carbocycles. The molecule has 2 aliphatic rings. The molecule has 0 spiro atoms. The number of aromatic hydroxyl groups is 1. The molecule has 2 aromatic heterocycles. The van der Waals surface area contributed by atoms with Gasteiger partial charge in [-0.1, -0.05) is 25.5 Å². The van der Waals surface area contributed by atoms with Crippen LogP contribution < -0.4 is 16.2 Å². The topological polar surface area (TPSA) is 101 Å². The van der Waals surface area contributed by atoms with Gasteiger partial charge in [0.1, 0.15) is 5.65 Å². The van der Waals surface area contributed by atoms with Crippen molar-refractivity contribution in [2.45, 2.75) is 52.1 Å². The highest BCUT2D eigenvalue weighted by molar-refractivity contribution is 5.96. The molecular weight excluding hydrogens is 394 g/mol. The third-order valence-electron chi connectivity index (χ3n) is 5.21. The minimum atomic E-state index is -0.583. The van der Waals surface area contributed by atoms with Crippen LogP contribution in [0.1, 0.15) is 55.5 Å². The lowest BCUT2D eigenvalue weighted by Crippen LogP contribution is -2.34. The van der Waals surface area contributed by atoms with Crippen LogP contribution in [0.15, 0.2) is 16.6 Å². The fourth-order valence-corrected chi connectivity index (χ4v) is 3.65. The number of hydrogen-bond acceptors (Lipinski definition) is 5. The molecule has 0 bridgehead atoms. The smallest absolute Gasteiger partial charge is 0.291 e. The molecule has 1 aliphatic carbocycles. The van der Waals surface area contributed by atoms with Crippen molar-refractivity contribution in [2.24, 2.45) is 5.92 Å². The number of fused-ring (bicyclic) bond motifs is 1. The van der Waals surface area contributed by atoms with Crippen LogP contribution in [0.25, 0.3) is 11.7 Å². The van der Waals surface area contributed by atoms with Gasteiger partial charge < -0.3 is 15.7 Å². The average molecular weight is 422 g/mol. The van der Waals surface area contributed by atoms with Crippen LogP contribution in [-0.4, -0.2) is 44.3 Å². The van der Waals surface area contributed by atoms with E-state index in [4.69, 9.17) is 0 Å². The summed E-state index contributed by atoms with van der Waals surface area (Å²) in [5.74, 6) is -0.598. The molecule has 1 aliphatic heterocycles. The summed E-state index contributed by atoms with van der Waals surface area (Å²) in [5.41, 5.74) is 1.79. The monoisotopic (exact) mass is 421 g/mol. The lowest BCUT2D eigenvalue weighted by Gasteiger charge is -2.18. The molecule has 1 amide bonds. The van der Waals surface area contributed by atoms with Crippen LogP contribution in [-0.2, 0) is 6.54 Å². The molecule has 3 heterocycles. The summed E-state index contributed by atoms with van der Waals surface area (Å²) in [5, 5.41) is 21.3. The molecule has 2 aromatic rings. The van der Waals surface area contributed by atoms with E-state index >= 15 is 0 Å². The second-order valence-electron chi connectivity index (χ2n) is 8.14. The number of nitrogens with zero attached hydrogens (tertiary/aromatic N) is 3. The molecule has 29 heavy (non-hydrogen) atoms. The Morgan fingerprint density at radius 1 is 1.38 bits per heavy atom. The van der Waals surface area contributed by atoms with Gasteiger partial charge in [-0.2, -0.15) is 9.61 Å². The third kappa shape index (κ3) is 4.33. The summed E-state index contributed by atoms with van der Waals surface area (Å²) in [6.45, 7) is 6.39.